The van der Waals surface area contributed by atoms with Crippen LogP contribution in [-0.2, 0) is 9.53 Å². The second-order valence-electron chi connectivity index (χ2n) is 10.7. The fourth-order valence-corrected chi connectivity index (χ4v) is 5.33. The van der Waals surface area contributed by atoms with Gasteiger partial charge in [-0.3, -0.25) is 4.79 Å². The number of halogens is 1. The van der Waals surface area contributed by atoms with Gasteiger partial charge in [-0.1, -0.05) is 88.5 Å². The molecule has 1 heterocycles. The van der Waals surface area contributed by atoms with Crippen molar-refractivity contribution in [2.45, 2.75) is 102 Å². The highest BCUT2D eigenvalue weighted by molar-refractivity contribution is 6.26. The number of carbonyl (C=O) groups excluding carboxylic acids is 2. The number of hydrogen-bond acceptors (Lipinski definition) is 6. The normalized spacial score (nSPS) is 20.6. The van der Waals surface area contributed by atoms with Crippen LogP contribution in [0.5, 0.6) is 5.75 Å². The molecule has 0 saturated heterocycles. The lowest BCUT2D eigenvalue weighted by atomic mass is 9.92. The largest absolute Gasteiger partial charge is 0.495 e. The zero-order valence-electron chi connectivity index (χ0n) is 23.9. The molecule has 2 aliphatic rings. The second kappa shape index (κ2) is 15.1. The van der Waals surface area contributed by atoms with Gasteiger partial charge in [0.2, 0.25) is 0 Å². The molecule has 1 aliphatic carbocycles. The molecular formula is C31H44ClN3O4. The van der Waals surface area contributed by atoms with Crippen molar-refractivity contribution < 1.29 is 19.1 Å². The standard InChI is InChI=1S/C31H44ClN3O4/c1-5-6-7-8-9-10-11-12-13-14-19-39-30(37)24-16-17-26(38-4)25(20-24)33-28-21-29(36)35(34-28)27-18-15-23(2)22-31(27,3)32/h15-18,20,22,27H,5-14,19,21H2,1-4H3,(H,33,34). The van der Waals surface area contributed by atoms with E-state index in [1.807, 2.05) is 32.1 Å². The molecule has 0 radical (unpaired) electrons. The van der Waals surface area contributed by atoms with Gasteiger partial charge in [0.15, 0.2) is 0 Å². The van der Waals surface area contributed by atoms with Crippen LogP contribution in [-0.4, -0.2) is 47.4 Å². The Bertz CT molecular complexity index is 1080. The van der Waals surface area contributed by atoms with Gasteiger partial charge in [0, 0.05) is 0 Å². The summed E-state index contributed by atoms with van der Waals surface area (Å²) in [6, 6.07) is 4.66. The number of hydrazone groups is 1. The molecule has 214 valence electrons. The van der Waals surface area contributed by atoms with Crippen molar-refractivity contribution in [2.24, 2.45) is 5.10 Å². The molecule has 0 saturated carbocycles. The van der Waals surface area contributed by atoms with Gasteiger partial charge in [-0.05, 0) is 38.5 Å². The molecule has 2 unspecified atom stereocenters. The van der Waals surface area contributed by atoms with E-state index in [1.165, 1.54) is 56.4 Å². The average molecular weight is 558 g/mol. The Morgan fingerprint density at radius 2 is 1.79 bits per heavy atom. The number of nitrogens with one attached hydrogen (secondary N) is 1. The van der Waals surface area contributed by atoms with Crippen LogP contribution in [0.3, 0.4) is 0 Å². The van der Waals surface area contributed by atoms with Gasteiger partial charge in [-0.25, -0.2) is 9.80 Å². The Morgan fingerprint density at radius 1 is 1.13 bits per heavy atom. The van der Waals surface area contributed by atoms with Crippen LogP contribution in [0.1, 0.15) is 102 Å². The molecular weight excluding hydrogens is 514 g/mol. The summed E-state index contributed by atoms with van der Waals surface area (Å²) in [6.07, 6.45) is 18.1. The molecule has 0 fully saturated rings. The summed E-state index contributed by atoms with van der Waals surface area (Å²) in [5.41, 5.74) is 2.00. The summed E-state index contributed by atoms with van der Waals surface area (Å²) in [5.74, 6) is 0.461. The zero-order valence-corrected chi connectivity index (χ0v) is 24.7. The quantitative estimate of drug-likeness (QED) is 0.136. The first-order chi connectivity index (χ1) is 18.7. The van der Waals surface area contributed by atoms with Gasteiger partial charge < -0.3 is 14.8 Å². The predicted molar refractivity (Wildman–Crippen MR) is 159 cm³/mol. The van der Waals surface area contributed by atoms with Crippen LogP contribution < -0.4 is 10.1 Å². The van der Waals surface area contributed by atoms with Crippen molar-refractivity contribution in [1.82, 2.24) is 5.01 Å². The SMILES string of the molecule is CCCCCCCCCCCCOC(=O)c1ccc(OC)c(NC2=NN(C3C=CC(C)=CC3(C)Cl)C(=O)C2)c1. The van der Waals surface area contributed by atoms with Crippen LogP contribution in [0.4, 0.5) is 5.69 Å². The molecule has 2 atom stereocenters. The molecule has 39 heavy (non-hydrogen) atoms. The van der Waals surface area contributed by atoms with Crippen molar-refractivity contribution in [3.8, 4) is 5.75 Å². The van der Waals surface area contributed by atoms with Crippen LogP contribution >= 0.6 is 11.6 Å². The van der Waals surface area contributed by atoms with E-state index in [2.05, 4.69) is 17.3 Å². The summed E-state index contributed by atoms with van der Waals surface area (Å²) in [5, 5.41) is 9.12. The average Bonchev–Trinajstić information content (AvgIpc) is 3.25. The van der Waals surface area contributed by atoms with Crippen molar-refractivity contribution in [2.75, 3.05) is 19.0 Å². The van der Waals surface area contributed by atoms with Gasteiger partial charge >= 0.3 is 5.97 Å². The Balaban J connectivity index is 1.50. The second-order valence-corrected chi connectivity index (χ2v) is 11.5. The minimum Gasteiger partial charge on any atom is -0.495 e. The van der Waals surface area contributed by atoms with Crippen LogP contribution in [0.25, 0.3) is 0 Å². The van der Waals surface area contributed by atoms with Gasteiger partial charge in [-0.15, -0.1) is 11.6 Å². The smallest absolute Gasteiger partial charge is 0.338 e. The monoisotopic (exact) mass is 557 g/mol. The number of unbranched alkanes of at least 4 members (excludes halogenated alkanes) is 9. The Kier molecular flexibility index (Phi) is 11.9. The lowest BCUT2D eigenvalue weighted by Crippen LogP contribution is -2.45. The minimum atomic E-state index is -0.761. The van der Waals surface area contributed by atoms with Crippen LogP contribution in [0.2, 0.25) is 0 Å². The maximum Gasteiger partial charge on any atom is 0.338 e. The number of anilines is 1. The molecule has 1 aliphatic heterocycles. The molecule has 7 nitrogen and oxygen atoms in total. The van der Waals surface area contributed by atoms with E-state index >= 15 is 0 Å². The number of hydrogen-bond donors (Lipinski definition) is 1. The number of allylic oxidation sites excluding steroid dienone is 2. The number of nitrogens with zero attached hydrogens (tertiary/aromatic N) is 2. The van der Waals surface area contributed by atoms with E-state index in [0.717, 1.165) is 18.4 Å². The van der Waals surface area contributed by atoms with Crippen LogP contribution in [0.15, 0.2) is 47.1 Å². The Morgan fingerprint density at radius 3 is 2.44 bits per heavy atom. The van der Waals surface area contributed by atoms with E-state index in [-0.39, 0.29) is 18.3 Å². The lowest BCUT2D eigenvalue weighted by Gasteiger charge is -2.34. The molecule has 8 heteroatoms. The molecule has 1 amide bonds. The third-order valence-corrected chi connectivity index (χ3v) is 7.47. The molecule has 1 aromatic carbocycles. The molecule has 1 aromatic rings. The zero-order chi connectivity index (χ0) is 28.3. The van der Waals surface area contributed by atoms with Crippen molar-refractivity contribution >= 4 is 35.0 Å². The van der Waals surface area contributed by atoms with Crippen LogP contribution in [0, 0.1) is 0 Å². The number of carbonyl (C=O) groups is 2. The summed E-state index contributed by atoms with van der Waals surface area (Å²) in [6.45, 7) is 6.48. The van der Waals surface area contributed by atoms with E-state index < -0.39 is 10.9 Å². The fraction of sp³-hybridized carbons (Fsp3) is 0.581. The maximum atomic E-state index is 12.8. The summed E-state index contributed by atoms with van der Waals surface area (Å²) >= 11 is 6.71. The molecule has 0 bridgehead atoms. The third kappa shape index (κ3) is 9.13. The minimum absolute atomic E-state index is 0.0938. The maximum absolute atomic E-state index is 12.8. The number of ether oxygens (including phenoxy) is 2. The number of rotatable bonds is 15. The third-order valence-electron chi connectivity index (χ3n) is 7.14. The summed E-state index contributed by atoms with van der Waals surface area (Å²) in [4.78, 5) is 24.7. The molecule has 0 spiro atoms. The molecule has 1 N–H and O–H groups in total. The highest BCUT2D eigenvalue weighted by atomic mass is 35.5. The first-order valence-electron chi connectivity index (χ1n) is 14.3. The number of amides is 1. The fourth-order valence-electron chi connectivity index (χ4n) is 4.99. The number of alkyl halides is 1. The van der Waals surface area contributed by atoms with Crippen molar-refractivity contribution in [3.05, 3.63) is 47.6 Å². The summed E-state index contributed by atoms with van der Waals surface area (Å²) in [7, 11) is 1.55. The first kappa shape index (κ1) is 30.7. The number of esters is 1. The summed E-state index contributed by atoms with van der Waals surface area (Å²) < 4.78 is 11.0. The molecule has 0 aromatic heterocycles. The Labute approximate surface area is 238 Å². The van der Waals surface area contributed by atoms with E-state index in [4.69, 9.17) is 21.1 Å². The predicted octanol–water partition coefficient (Wildman–Crippen LogP) is 7.61. The van der Waals surface area contributed by atoms with E-state index in [0.29, 0.717) is 29.4 Å². The molecule has 3 rings (SSSR count). The number of methoxy groups -OCH3 is 1. The number of benzene rings is 1. The van der Waals surface area contributed by atoms with Crippen molar-refractivity contribution in [3.63, 3.8) is 0 Å². The highest BCUT2D eigenvalue weighted by Gasteiger charge is 2.40. The van der Waals surface area contributed by atoms with Crippen molar-refractivity contribution in [1.29, 1.82) is 0 Å². The van der Waals surface area contributed by atoms with E-state index in [1.54, 1.807) is 25.3 Å². The van der Waals surface area contributed by atoms with Gasteiger partial charge in [0.1, 0.15) is 11.6 Å². The van der Waals surface area contributed by atoms with Gasteiger partial charge in [0.05, 0.1) is 42.3 Å². The number of amidine groups is 1. The van der Waals surface area contributed by atoms with E-state index in [9.17, 15) is 9.59 Å². The first-order valence-corrected chi connectivity index (χ1v) is 14.7. The topological polar surface area (TPSA) is 80.2 Å². The lowest BCUT2D eigenvalue weighted by molar-refractivity contribution is -0.130. The van der Waals surface area contributed by atoms with Gasteiger partial charge in [0.25, 0.3) is 5.91 Å². The van der Waals surface area contributed by atoms with Gasteiger partial charge in [-0.2, -0.15) is 5.10 Å². The Hall–Kier alpha value is -2.80. The highest BCUT2D eigenvalue weighted by Crippen LogP contribution is 2.34.